The standard InChI is InChI=1S/C29H25N.C3H6O2.C2H6O/c1-30(28-20-16-26(17-21-28)14-12-24-8-4-2-5-9-24)29-22-18-27(19-23-29)15-13-25-10-6-3-7-11-25;1-3(4)5-2;1-3-2/h2-23H,1H3;1-2H3;1-2H3. The SMILES string of the molecule is CN(c1ccc(C=Cc2ccccc2)cc1)c1ccc(C=Cc2ccccc2)cc1.COC.COC(C)=O. The van der Waals surface area contributed by atoms with Gasteiger partial charge in [-0.15, -0.1) is 0 Å². The normalized spacial score (nSPS) is 10.2. The molecular weight excluding hydrogens is 470 g/mol. The number of methoxy groups -OCH3 is 2. The van der Waals surface area contributed by atoms with Crippen LogP contribution < -0.4 is 4.90 Å². The summed E-state index contributed by atoms with van der Waals surface area (Å²) in [6.07, 6.45) is 8.57. The highest BCUT2D eigenvalue weighted by Crippen LogP contribution is 2.25. The second kappa shape index (κ2) is 17.1. The Labute approximate surface area is 227 Å². The Bertz CT molecular complexity index is 1150. The lowest BCUT2D eigenvalue weighted by molar-refractivity contribution is -0.137. The third-order valence-electron chi connectivity index (χ3n) is 5.38. The molecule has 0 spiro atoms. The minimum Gasteiger partial charge on any atom is -0.469 e. The van der Waals surface area contributed by atoms with Crippen LogP contribution >= 0.6 is 0 Å². The number of hydrogen-bond acceptors (Lipinski definition) is 4. The molecule has 0 aliphatic carbocycles. The van der Waals surface area contributed by atoms with E-state index < -0.39 is 0 Å². The van der Waals surface area contributed by atoms with Crippen molar-refractivity contribution in [1.29, 1.82) is 0 Å². The van der Waals surface area contributed by atoms with Crippen LogP contribution in [0.1, 0.15) is 29.2 Å². The van der Waals surface area contributed by atoms with Gasteiger partial charge in [0.15, 0.2) is 0 Å². The quantitative estimate of drug-likeness (QED) is 0.195. The van der Waals surface area contributed by atoms with Crippen molar-refractivity contribution in [3.05, 3.63) is 131 Å². The first-order chi connectivity index (χ1) is 18.5. The molecule has 0 radical (unpaired) electrons. The highest BCUT2D eigenvalue weighted by atomic mass is 16.5. The molecule has 0 atom stereocenters. The molecule has 4 aromatic carbocycles. The molecule has 4 nitrogen and oxygen atoms in total. The van der Waals surface area contributed by atoms with E-state index in [0.717, 1.165) is 0 Å². The number of carbonyl (C=O) groups excluding carboxylic acids is 1. The summed E-state index contributed by atoms with van der Waals surface area (Å²) in [5.41, 5.74) is 7.13. The van der Waals surface area contributed by atoms with Crippen molar-refractivity contribution in [2.75, 3.05) is 33.3 Å². The van der Waals surface area contributed by atoms with Gasteiger partial charge in [-0.25, -0.2) is 0 Å². The van der Waals surface area contributed by atoms with Gasteiger partial charge in [0.2, 0.25) is 0 Å². The van der Waals surface area contributed by atoms with Crippen molar-refractivity contribution >= 4 is 41.6 Å². The van der Waals surface area contributed by atoms with Crippen LogP contribution in [0.15, 0.2) is 109 Å². The van der Waals surface area contributed by atoms with Gasteiger partial charge >= 0.3 is 5.97 Å². The summed E-state index contributed by atoms with van der Waals surface area (Å²) in [5.74, 6) is -0.245. The van der Waals surface area contributed by atoms with Crippen LogP contribution in [0.4, 0.5) is 11.4 Å². The lowest BCUT2D eigenvalue weighted by Gasteiger charge is -2.19. The van der Waals surface area contributed by atoms with E-state index in [0.29, 0.717) is 0 Å². The molecule has 4 heteroatoms. The summed E-state index contributed by atoms with van der Waals surface area (Å²) in [7, 11) is 6.70. The number of esters is 1. The Hall–Kier alpha value is -4.41. The van der Waals surface area contributed by atoms with E-state index in [2.05, 4.69) is 143 Å². The smallest absolute Gasteiger partial charge is 0.302 e. The molecule has 0 aliphatic rings. The third kappa shape index (κ3) is 11.1. The van der Waals surface area contributed by atoms with Gasteiger partial charge in [0, 0.05) is 39.6 Å². The van der Waals surface area contributed by atoms with Crippen molar-refractivity contribution in [2.24, 2.45) is 0 Å². The third-order valence-corrected chi connectivity index (χ3v) is 5.38. The summed E-state index contributed by atoms with van der Waals surface area (Å²) < 4.78 is 8.36. The molecular formula is C34H37NO3. The molecule has 0 aromatic heterocycles. The Morgan fingerprint density at radius 2 is 0.816 bits per heavy atom. The molecule has 0 heterocycles. The van der Waals surface area contributed by atoms with E-state index in [1.54, 1.807) is 14.2 Å². The van der Waals surface area contributed by atoms with Crippen molar-refractivity contribution in [1.82, 2.24) is 0 Å². The van der Waals surface area contributed by atoms with Crippen molar-refractivity contribution in [3.8, 4) is 0 Å². The zero-order valence-corrected chi connectivity index (χ0v) is 22.9. The lowest BCUT2D eigenvalue weighted by Crippen LogP contribution is -2.08. The first-order valence-electron chi connectivity index (χ1n) is 12.3. The average Bonchev–Trinajstić information content (AvgIpc) is 2.97. The van der Waals surface area contributed by atoms with Crippen LogP contribution in [-0.2, 0) is 14.3 Å². The minimum absolute atomic E-state index is 0.245. The van der Waals surface area contributed by atoms with E-state index in [4.69, 9.17) is 0 Å². The fraction of sp³-hybridized carbons (Fsp3) is 0.147. The largest absolute Gasteiger partial charge is 0.469 e. The van der Waals surface area contributed by atoms with Crippen LogP contribution in [0.3, 0.4) is 0 Å². The monoisotopic (exact) mass is 507 g/mol. The molecule has 0 bridgehead atoms. The van der Waals surface area contributed by atoms with E-state index >= 15 is 0 Å². The number of benzene rings is 4. The summed E-state index contributed by atoms with van der Waals surface area (Å²) in [4.78, 5) is 11.8. The fourth-order valence-corrected chi connectivity index (χ4v) is 3.28. The Morgan fingerprint density at radius 1 is 0.553 bits per heavy atom. The maximum Gasteiger partial charge on any atom is 0.302 e. The van der Waals surface area contributed by atoms with Crippen LogP contribution in [-0.4, -0.2) is 34.3 Å². The van der Waals surface area contributed by atoms with Crippen molar-refractivity contribution < 1.29 is 14.3 Å². The fourth-order valence-electron chi connectivity index (χ4n) is 3.28. The number of anilines is 2. The van der Waals surface area contributed by atoms with E-state index in [1.807, 2.05) is 12.1 Å². The number of carbonyl (C=O) groups is 1. The minimum atomic E-state index is -0.245. The first kappa shape index (κ1) is 29.8. The zero-order chi connectivity index (χ0) is 27.6. The number of hydrogen-bond donors (Lipinski definition) is 0. The molecule has 0 saturated heterocycles. The number of nitrogens with zero attached hydrogens (tertiary/aromatic N) is 1. The van der Waals surface area contributed by atoms with Gasteiger partial charge in [-0.2, -0.15) is 0 Å². The van der Waals surface area contributed by atoms with Gasteiger partial charge in [-0.3, -0.25) is 4.79 Å². The molecule has 0 amide bonds. The zero-order valence-electron chi connectivity index (χ0n) is 22.9. The Kier molecular flexibility index (Phi) is 13.4. The first-order valence-corrected chi connectivity index (χ1v) is 12.3. The average molecular weight is 508 g/mol. The lowest BCUT2D eigenvalue weighted by atomic mass is 10.1. The Morgan fingerprint density at radius 3 is 1.08 bits per heavy atom. The van der Waals surface area contributed by atoms with Gasteiger partial charge in [0.25, 0.3) is 0 Å². The highest BCUT2D eigenvalue weighted by molar-refractivity contribution is 5.73. The molecule has 0 unspecified atom stereocenters. The van der Waals surface area contributed by atoms with Crippen LogP contribution in [0.25, 0.3) is 24.3 Å². The summed E-state index contributed by atoms with van der Waals surface area (Å²) in [5, 5.41) is 0. The maximum absolute atomic E-state index is 9.59. The van der Waals surface area contributed by atoms with Crippen LogP contribution in [0.5, 0.6) is 0 Å². The predicted octanol–water partition coefficient (Wildman–Crippen LogP) is 8.24. The molecule has 0 fully saturated rings. The van der Waals surface area contributed by atoms with Crippen molar-refractivity contribution in [3.63, 3.8) is 0 Å². The second-order valence-corrected chi connectivity index (χ2v) is 8.33. The summed E-state index contributed by atoms with van der Waals surface area (Å²) in [6.45, 7) is 1.36. The molecule has 4 rings (SSSR count). The van der Waals surface area contributed by atoms with Gasteiger partial charge in [-0.05, 0) is 46.5 Å². The molecule has 0 saturated carbocycles. The molecule has 0 N–H and O–H groups in total. The van der Waals surface area contributed by atoms with Crippen LogP contribution in [0, 0.1) is 0 Å². The maximum atomic E-state index is 9.59. The van der Waals surface area contributed by atoms with Gasteiger partial charge < -0.3 is 14.4 Å². The van der Waals surface area contributed by atoms with E-state index in [9.17, 15) is 4.79 Å². The predicted molar refractivity (Wildman–Crippen MR) is 162 cm³/mol. The second-order valence-electron chi connectivity index (χ2n) is 8.33. The van der Waals surface area contributed by atoms with Crippen molar-refractivity contribution in [2.45, 2.75) is 6.92 Å². The van der Waals surface area contributed by atoms with Gasteiger partial charge in [0.05, 0.1) is 7.11 Å². The highest BCUT2D eigenvalue weighted by Gasteiger charge is 2.03. The summed E-state index contributed by atoms with van der Waals surface area (Å²) >= 11 is 0. The van der Waals surface area contributed by atoms with Gasteiger partial charge in [0.1, 0.15) is 0 Å². The Balaban J connectivity index is 0.000000559. The topological polar surface area (TPSA) is 38.8 Å². The number of rotatable bonds is 6. The molecule has 196 valence electrons. The van der Waals surface area contributed by atoms with Crippen LogP contribution in [0.2, 0.25) is 0 Å². The van der Waals surface area contributed by atoms with Gasteiger partial charge in [-0.1, -0.05) is 109 Å². The molecule has 4 aromatic rings. The molecule has 0 aliphatic heterocycles. The van der Waals surface area contributed by atoms with E-state index in [-0.39, 0.29) is 5.97 Å². The summed E-state index contributed by atoms with van der Waals surface area (Å²) in [6, 6.07) is 38.0. The molecule has 38 heavy (non-hydrogen) atoms. The van der Waals surface area contributed by atoms with E-state index in [1.165, 1.54) is 47.7 Å². The number of ether oxygens (including phenoxy) is 2.